The van der Waals surface area contributed by atoms with E-state index in [1.165, 1.54) is 11.8 Å². The van der Waals surface area contributed by atoms with Crippen molar-refractivity contribution < 1.29 is 4.79 Å². The first-order valence-corrected chi connectivity index (χ1v) is 11.1. The molecule has 0 unspecified atom stereocenters. The zero-order chi connectivity index (χ0) is 22.7. The number of thioether (sulfide) groups is 1. The minimum absolute atomic E-state index is 0.174. The quantitative estimate of drug-likeness (QED) is 0.433. The summed E-state index contributed by atoms with van der Waals surface area (Å²) in [5.41, 5.74) is 3.58. The molecule has 10 heteroatoms. The Morgan fingerprint density at radius 3 is 2.41 bits per heavy atom. The Balaban J connectivity index is 1.46. The summed E-state index contributed by atoms with van der Waals surface area (Å²) in [4.78, 5) is 21.6. The fourth-order valence-electron chi connectivity index (χ4n) is 3.27. The molecule has 0 spiro atoms. The third kappa shape index (κ3) is 5.02. The number of hydrogen-bond donors (Lipinski definition) is 1. The Bertz CT molecular complexity index is 1230. The van der Waals surface area contributed by atoms with Crippen molar-refractivity contribution in [3.8, 4) is 5.95 Å². The molecule has 1 amide bonds. The van der Waals surface area contributed by atoms with Crippen LogP contribution in [-0.4, -0.2) is 46.2 Å². The average Bonchev–Trinajstić information content (AvgIpc) is 3.29. The molecule has 3 aromatic heterocycles. The van der Waals surface area contributed by atoms with Gasteiger partial charge in [-0.25, -0.2) is 9.97 Å². The van der Waals surface area contributed by atoms with Crippen LogP contribution in [0.4, 0.5) is 5.82 Å². The number of nitrogens with zero attached hydrogens (tertiary/aromatic N) is 7. The van der Waals surface area contributed by atoms with Crippen molar-refractivity contribution in [1.29, 1.82) is 0 Å². The van der Waals surface area contributed by atoms with Gasteiger partial charge in [0.15, 0.2) is 5.16 Å². The number of carbonyl (C=O) groups is 1. The van der Waals surface area contributed by atoms with Crippen LogP contribution >= 0.6 is 11.8 Å². The Hall–Kier alpha value is -3.53. The second-order valence-corrected chi connectivity index (χ2v) is 8.41. The van der Waals surface area contributed by atoms with Gasteiger partial charge >= 0.3 is 0 Å². The molecule has 0 radical (unpaired) electrons. The molecule has 4 rings (SSSR count). The molecule has 4 aromatic rings. The third-order valence-electron chi connectivity index (χ3n) is 4.68. The normalized spacial score (nSPS) is 11.0. The van der Waals surface area contributed by atoms with Crippen molar-refractivity contribution in [3.63, 3.8) is 0 Å². The Labute approximate surface area is 190 Å². The molecular formula is C22H24N8OS. The number of hydrogen-bond acceptors (Lipinski definition) is 7. The van der Waals surface area contributed by atoms with Crippen molar-refractivity contribution in [2.24, 2.45) is 0 Å². The van der Waals surface area contributed by atoms with Crippen molar-refractivity contribution in [2.75, 3.05) is 11.1 Å². The number of aryl methyl sites for hydroxylation is 4. The minimum Gasteiger partial charge on any atom is -0.310 e. The van der Waals surface area contributed by atoms with E-state index in [9.17, 15) is 4.79 Å². The van der Waals surface area contributed by atoms with Crippen LogP contribution in [-0.2, 0) is 11.3 Å². The van der Waals surface area contributed by atoms with Crippen LogP contribution < -0.4 is 5.32 Å². The zero-order valence-electron chi connectivity index (χ0n) is 18.4. The predicted molar refractivity (Wildman–Crippen MR) is 123 cm³/mol. The molecule has 0 aliphatic heterocycles. The van der Waals surface area contributed by atoms with E-state index in [1.807, 2.05) is 56.5 Å². The predicted octanol–water partition coefficient (Wildman–Crippen LogP) is 3.27. The number of nitrogens with one attached hydrogen (secondary N) is 1. The number of carbonyl (C=O) groups excluding carboxylic acids is 1. The summed E-state index contributed by atoms with van der Waals surface area (Å²) in [6, 6.07) is 13.8. The van der Waals surface area contributed by atoms with E-state index < -0.39 is 0 Å². The van der Waals surface area contributed by atoms with Gasteiger partial charge in [0.2, 0.25) is 5.91 Å². The lowest BCUT2D eigenvalue weighted by molar-refractivity contribution is -0.113. The van der Waals surface area contributed by atoms with Crippen LogP contribution in [0.15, 0.2) is 47.6 Å². The van der Waals surface area contributed by atoms with E-state index in [0.717, 1.165) is 28.5 Å². The van der Waals surface area contributed by atoms with Crippen molar-refractivity contribution in [3.05, 3.63) is 70.9 Å². The molecule has 0 fully saturated rings. The van der Waals surface area contributed by atoms with Crippen LogP contribution in [0.1, 0.15) is 28.5 Å². The highest BCUT2D eigenvalue weighted by Crippen LogP contribution is 2.20. The van der Waals surface area contributed by atoms with Gasteiger partial charge in [-0.05, 0) is 39.3 Å². The summed E-state index contributed by atoms with van der Waals surface area (Å²) in [7, 11) is 0. The van der Waals surface area contributed by atoms with Gasteiger partial charge in [-0.1, -0.05) is 42.1 Å². The average molecular weight is 449 g/mol. The van der Waals surface area contributed by atoms with Crippen LogP contribution in [0.3, 0.4) is 0 Å². The maximum Gasteiger partial charge on any atom is 0.252 e. The van der Waals surface area contributed by atoms with E-state index in [0.29, 0.717) is 23.5 Å². The summed E-state index contributed by atoms with van der Waals surface area (Å²) in [6.07, 6.45) is 0. The standard InChI is InChI=1S/C22H24N8OS/c1-14-10-15(2)24-21(23-14)30-19(11-16(3)28-30)25-20(31)13-32-22-27-26-17(4)29(22)12-18-8-6-5-7-9-18/h5-11H,12-13H2,1-4H3,(H,25,31). The van der Waals surface area contributed by atoms with E-state index in [1.54, 1.807) is 10.7 Å². The molecule has 0 saturated carbocycles. The lowest BCUT2D eigenvalue weighted by Crippen LogP contribution is -2.18. The molecule has 3 heterocycles. The number of aromatic nitrogens is 7. The first-order chi connectivity index (χ1) is 15.4. The van der Waals surface area contributed by atoms with Gasteiger partial charge in [0.1, 0.15) is 11.6 Å². The maximum atomic E-state index is 12.7. The monoisotopic (exact) mass is 448 g/mol. The van der Waals surface area contributed by atoms with Crippen molar-refractivity contribution in [1.82, 2.24) is 34.5 Å². The molecule has 0 aliphatic rings. The second-order valence-electron chi connectivity index (χ2n) is 7.47. The molecule has 0 bridgehead atoms. The van der Waals surface area contributed by atoms with E-state index >= 15 is 0 Å². The molecular weight excluding hydrogens is 424 g/mol. The van der Waals surface area contributed by atoms with Crippen molar-refractivity contribution in [2.45, 2.75) is 39.4 Å². The van der Waals surface area contributed by atoms with Crippen LogP contribution in [0, 0.1) is 27.7 Å². The minimum atomic E-state index is -0.174. The largest absolute Gasteiger partial charge is 0.310 e. The highest BCUT2D eigenvalue weighted by atomic mass is 32.2. The van der Waals surface area contributed by atoms with E-state index in [4.69, 9.17) is 0 Å². The molecule has 1 N–H and O–H groups in total. The first kappa shape index (κ1) is 21.7. The number of amides is 1. The van der Waals surface area contributed by atoms with Gasteiger partial charge in [-0.2, -0.15) is 9.78 Å². The molecule has 0 saturated heterocycles. The van der Waals surface area contributed by atoms with E-state index in [2.05, 4.69) is 42.7 Å². The smallest absolute Gasteiger partial charge is 0.252 e. The zero-order valence-corrected chi connectivity index (χ0v) is 19.2. The molecule has 164 valence electrons. The van der Waals surface area contributed by atoms with Gasteiger partial charge in [0.25, 0.3) is 5.95 Å². The van der Waals surface area contributed by atoms with Crippen LogP contribution in [0.25, 0.3) is 5.95 Å². The molecule has 9 nitrogen and oxygen atoms in total. The highest BCUT2D eigenvalue weighted by molar-refractivity contribution is 7.99. The Kier molecular flexibility index (Phi) is 6.31. The summed E-state index contributed by atoms with van der Waals surface area (Å²) in [5, 5.41) is 16.5. The summed E-state index contributed by atoms with van der Waals surface area (Å²) < 4.78 is 3.56. The lowest BCUT2D eigenvalue weighted by atomic mass is 10.2. The summed E-state index contributed by atoms with van der Waals surface area (Å²) in [6.45, 7) is 8.22. The maximum absolute atomic E-state index is 12.7. The topological polar surface area (TPSA) is 103 Å². The molecule has 1 aromatic carbocycles. The highest BCUT2D eigenvalue weighted by Gasteiger charge is 2.16. The molecule has 0 aliphatic carbocycles. The van der Waals surface area contributed by atoms with Crippen LogP contribution in [0.2, 0.25) is 0 Å². The summed E-state index contributed by atoms with van der Waals surface area (Å²) in [5.74, 6) is 1.77. The van der Waals surface area contributed by atoms with Gasteiger partial charge < -0.3 is 9.88 Å². The molecule has 32 heavy (non-hydrogen) atoms. The van der Waals surface area contributed by atoms with Gasteiger partial charge in [0, 0.05) is 17.5 Å². The third-order valence-corrected chi connectivity index (χ3v) is 5.64. The fraction of sp³-hybridized carbons (Fsp3) is 0.273. The number of rotatable bonds is 7. The Morgan fingerprint density at radius 1 is 0.969 bits per heavy atom. The van der Waals surface area contributed by atoms with E-state index in [-0.39, 0.29) is 11.7 Å². The van der Waals surface area contributed by atoms with Gasteiger partial charge in [-0.3, -0.25) is 4.79 Å². The molecule has 0 atom stereocenters. The fourth-order valence-corrected chi connectivity index (χ4v) is 4.05. The van der Waals surface area contributed by atoms with Crippen LogP contribution in [0.5, 0.6) is 0 Å². The van der Waals surface area contributed by atoms with Gasteiger partial charge in [-0.15, -0.1) is 10.2 Å². The summed E-state index contributed by atoms with van der Waals surface area (Å²) >= 11 is 1.34. The number of benzene rings is 1. The Morgan fingerprint density at radius 2 is 1.69 bits per heavy atom. The van der Waals surface area contributed by atoms with Crippen molar-refractivity contribution >= 4 is 23.5 Å². The lowest BCUT2D eigenvalue weighted by Gasteiger charge is -2.10. The first-order valence-electron chi connectivity index (χ1n) is 10.1. The van der Waals surface area contributed by atoms with Gasteiger partial charge in [0.05, 0.1) is 18.0 Å². The second kappa shape index (κ2) is 9.31. The number of anilines is 1. The SMILES string of the molecule is Cc1cc(C)nc(-n2nc(C)cc2NC(=O)CSc2nnc(C)n2Cc2ccccc2)n1.